The van der Waals surface area contributed by atoms with E-state index in [1.54, 1.807) is 6.92 Å². The van der Waals surface area contributed by atoms with E-state index < -0.39 is 9.84 Å². The monoisotopic (exact) mass is 206 g/mol. The standard InChI is InChI=1S/C10H22O2S/c1-6-9(10(3,4)5)8-13(11,12)7-2/h9H,6-8H2,1-5H3/t9-/m0/s1. The Bertz CT molecular complexity index is 234. The SMILES string of the molecule is CC[C@@H](CS(=O)(=O)CC)C(C)(C)C. The molecule has 0 fully saturated rings. The summed E-state index contributed by atoms with van der Waals surface area (Å²) in [5, 5.41) is 0. The predicted molar refractivity (Wildman–Crippen MR) is 57.6 cm³/mol. The van der Waals surface area contributed by atoms with E-state index in [2.05, 4.69) is 27.7 Å². The molecule has 0 rings (SSSR count). The van der Waals surface area contributed by atoms with Gasteiger partial charge in [-0.3, -0.25) is 0 Å². The third-order valence-corrected chi connectivity index (χ3v) is 4.40. The van der Waals surface area contributed by atoms with Crippen molar-refractivity contribution in [3.05, 3.63) is 0 Å². The van der Waals surface area contributed by atoms with Crippen LogP contribution in [-0.2, 0) is 9.84 Å². The summed E-state index contributed by atoms with van der Waals surface area (Å²) in [6.45, 7) is 10.1. The van der Waals surface area contributed by atoms with Gasteiger partial charge >= 0.3 is 0 Å². The van der Waals surface area contributed by atoms with E-state index in [-0.39, 0.29) is 17.1 Å². The molecule has 0 spiro atoms. The van der Waals surface area contributed by atoms with Gasteiger partial charge in [-0.25, -0.2) is 8.42 Å². The maximum atomic E-state index is 11.4. The summed E-state index contributed by atoms with van der Waals surface area (Å²) in [6.07, 6.45) is 0.933. The molecule has 0 amide bonds. The van der Waals surface area contributed by atoms with Crippen LogP contribution in [0.25, 0.3) is 0 Å². The maximum Gasteiger partial charge on any atom is 0.150 e. The molecule has 3 heteroatoms. The first-order valence-electron chi connectivity index (χ1n) is 4.93. The molecule has 0 aromatic heterocycles. The van der Waals surface area contributed by atoms with Gasteiger partial charge in [0, 0.05) is 5.75 Å². The molecule has 0 radical (unpaired) electrons. The minimum atomic E-state index is -2.81. The third-order valence-electron chi connectivity index (χ3n) is 2.61. The van der Waals surface area contributed by atoms with E-state index in [0.29, 0.717) is 5.75 Å². The van der Waals surface area contributed by atoms with E-state index in [9.17, 15) is 8.42 Å². The van der Waals surface area contributed by atoms with Crippen LogP contribution in [0.1, 0.15) is 41.0 Å². The van der Waals surface area contributed by atoms with Crippen molar-refractivity contribution < 1.29 is 8.42 Å². The van der Waals surface area contributed by atoms with E-state index in [0.717, 1.165) is 6.42 Å². The quantitative estimate of drug-likeness (QED) is 0.708. The Balaban J connectivity index is 4.49. The van der Waals surface area contributed by atoms with Gasteiger partial charge in [0.05, 0.1) is 5.75 Å². The van der Waals surface area contributed by atoms with Crippen molar-refractivity contribution in [3.8, 4) is 0 Å². The van der Waals surface area contributed by atoms with Crippen LogP contribution in [-0.4, -0.2) is 19.9 Å². The molecule has 0 heterocycles. The highest BCUT2D eigenvalue weighted by Gasteiger charge is 2.27. The summed E-state index contributed by atoms with van der Waals surface area (Å²) in [5.41, 5.74) is 0.0942. The van der Waals surface area contributed by atoms with Crippen LogP contribution in [0.4, 0.5) is 0 Å². The van der Waals surface area contributed by atoms with Crippen molar-refractivity contribution in [1.82, 2.24) is 0 Å². The van der Waals surface area contributed by atoms with Gasteiger partial charge in [-0.05, 0) is 11.3 Å². The molecule has 0 saturated heterocycles. The van der Waals surface area contributed by atoms with Crippen molar-refractivity contribution >= 4 is 9.84 Å². The molecule has 2 nitrogen and oxygen atoms in total. The van der Waals surface area contributed by atoms with Gasteiger partial charge < -0.3 is 0 Å². The summed E-state index contributed by atoms with van der Waals surface area (Å²) in [5.74, 6) is 0.876. The molecular formula is C10H22O2S. The zero-order valence-electron chi connectivity index (χ0n) is 9.42. The van der Waals surface area contributed by atoms with Gasteiger partial charge in [-0.1, -0.05) is 41.0 Å². The molecule has 0 aliphatic heterocycles. The lowest BCUT2D eigenvalue weighted by molar-refractivity contribution is 0.256. The predicted octanol–water partition coefficient (Wildman–Crippen LogP) is 2.49. The van der Waals surface area contributed by atoms with E-state index in [1.165, 1.54) is 0 Å². The summed E-state index contributed by atoms with van der Waals surface area (Å²) in [6, 6.07) is 0. The molecule has 0 aliphatic rings. The Kier molecular flexibility index (Phi) is 4.43. The molecule has 0 aromatic carbocycles. The smallest absolute Gasteiger partial charge is 0.150 e. The average molecular weight is 206 g/mol. The Morgan fingerprint density at radius 3 is 1.85 bits per heavy atom. The summed E-state index contributed by atoms with van der Waals surface area (Å²) < 4.78 is 22.8. The normalized spacial score (nSPS) is 15.8. The molecule has 0 aromatic rings. The Labute approximate surface area is 82.6 Å². The first-order chi connectivity index (χ1) is 5.73. The average Bonchev–Trinajstić information content (AvgIpc) is 1.98. The zero-order valence-corrected chi connectivity index (χ0v) is 10.2. The van der Waals surface area contributed by atoms with Gasteiger partial charge in [0.2, 0.25) is 0 Å². The van der Waals surface area contributed by atoms with Crippen molar-refractivity contribution in [2.24, 2.45) is 11.3 Å². The molecular weight excluding hydrogens is 184 g/mol. The summed E-state index contributed by atoms with van der Waals surface area (Å²) >= 11 is 0. The molecule has 1 atom stereocenters. The van der Waals surface area contributed by atoms with Crippen molar-refractivity contribution in [3.63, 3.8) is 0 Å². The fourth-order valence-electron chi connectivity index (χ4n) is 1.40. The second-order valence-corrected chi connectivity index (χ2v) is 7.07. The minimum absolute atomic E-state index is 0.0942. The van der Waals surface area contributed by atoms with Gasteiger partial charge in [0.15, 0.2) is 0 Å². The topological polar surface area (TPSA) is 34.1 Å². The van der Waals surface area contributed by atoms with Crippen LogP contribution in [0.3, 0.4) is 0 Å². The van der Waals surface area contributed by atoms with E-state index >= 15 is 0 Å². The maximum absolute atomic E-state index is 11.4. The van der Waals surface area contributed by atoms with E-state index in [4.69, 9.17) is 0 Å². The van der Waals surface area contributed by atoms with Crippen molar-refractivity contribution in [2.45, 2.75) is 41.0 Å². The van der Waals surface area contributed by atoms with E-state index in [1.807, 2.05) is 0 Å². The van der Waals surface area contributed by atoms with Crippen LogP contribution >= 0.6 is 0 Å². The van der Waals surface area contributed by atoms with Crippen LogP contribution in [0.2, 0.25) is 0 Å². The fraction of sp³-hybridized carbons (Fsp3) is 1.00. The second-order valence-electron chi connectivity index (χ2n) is 4.67. The highest BCUT2D eigenvalue weighted by Crippen LogP contribution is 2.29. The molecule has 13 heavy (non-hydrogen) atoms. The molecule has 0 unspecified atom stereocenters. The fourth-order valence-corrected chi connectivity index (χ4v) is 2.99. The molecule has 80 valence electrons. The zero-order chi connectivity index (χ0) is 10.7. The number of hydrogen-bond donors (Lipinski definition) is 0. The molecule has 0 N–H and O–H groups in total. The molecule has 0 aliphatic carbocycles. The van der Waals surface area contributed by atoms with Gasteiger partial charge in [-0.2, -0.15) is 0 Å². The lowest BCUT2D eigenvalue weighted by Gasteiger charge is -2.29. The highest BCUT2D eigenvalue weighted by atomic mass is 32.2. The first kappa shape index (κ1) is 12.9. The third kappa shape index (κ3) is 4.65. The second kappa shape index (κ2) is 4.45. The Morgan fingerprint density at radius 2 is 1.62 bits per heavy atom. The summed E-state index contributed by atoms with van der Waals surface area (Å²) in [4.78, 5) is 0. The van der Waals surface area contributed by atoms with Crippen LogP contribution < -0.4 is 0 Å². The van der Waals surface area contributed by atoms with Crippen molar-refractivity contribution in [1.29, 1.82) is 0 Å². The van der Waals surface area contributed by atoms with Crippen molar-refractivity contribution in [2.75, 3.05) is 11.5 Å². The van der Waals surface area contributed by atoms with Gasteiger partial charge in [0.1, 0.15) is 9.84 Å². The number of sulfone groups is 1. The minimum Gasteiger partial charge on any atom is -0.229 e. The lowest BCUT2D eigenvalue weighted by Crippen LogP contribution is -2.28. The van der Waals surface area contributed by atoms with Gasteiger partial charge in [0.25, 0.3) is 0 Å². The Hall–Kier alpha value is -0.0500. The van der Waals surface area contributed by atoms with Gasteiger partial charge in [-0.15, -0.1) is 0 Å². The highest BCUT2D eigenvalue weighted by molar-refractivity contribution is 7.91. The van der Waals surface area contributed by atoms with Crippen LogP contribution in [0.5, 0.6) is 0 Å². The van der Waals surface area contributed by atoms with Crippen LogP contribution in [0, 0.1) is 11.3 Å². The largest absolute Gasteiger partial charge is 0.229 e. The molecule has 0 bridgehead atoms. The summed E-state index contributed by atoms with van der Waals surface area (Å²) in [7, 11) is -2.81. The lowest BCUT2D eigenvalue weighted by atomic mass is 9.80. The Morgan fingerprint density at radius 1 is 1.15 bits per heavy atom. The number of rotatable bonds is 4. The molecule has 0 saturated carbocycles. The number of hydrogen-bond acceptors (Lipinski definition) is 2. The van der Waals surface area contributed by atoms with Crippen LogP contribution in [0.15, 0.2) is 0 Å². The first-order valence-corrected chi connectivity index (χ1v) is 6.75.